The summed E-state index contributed by atoms with van der Waals surface area (Å²) in [5.41, 5.74) is -0.186. The third-order valence-corrected chi connectivity index (χ3v) is 2.98. The van der Waals surface area contributed by atoms with Gasteiger partial charge in [-0.25, -0.2) is 0 Å². The van der Waals surface area contributed by atoms with Gasteiger partial charge in [-0.15, -0.1) is 13.2 Å². The molecule has 0 spiro atoms. The topological polar surface area (TPSA) is 26.3 Å². The van der Waals surface area contributed by atoms with E-state index in [0.717, 1.165) is 6.92 Å². The molecule has 0 unspecified atom stereocenters. The Morgan fingerprint density at radius 3 is 2.44 bits per heavy atom. The maximum absolute atomic E-state index is 12.1. The molecule has 0 saturated heterocycles. The summed E-state index contributed by atoms with van der Waals surface area (Å²) >= 11 is 8.46. The van der Waals surface area contributed by atoms with Gasteiger partial charge in [0, 0.05) is 0 Å². The van der Waals surface area contributed by atoms with E-state index in [9.17, 15) is 18.0 Å². The Balaban J connectivity index is 3.32. The van der Waals surface area contributed by atoms with Crippen LogP contribution in [0.1, 0.15) is 17.3 Å². The lowest BCUT2D eigenvalue weighted by Gasteiger charge is -2.14. The van der Waals surface area contributed by atoms with Gasteiger partial charge in [0.2, 0.25) is 0 Å². The second-order valence-electron chi connectivity index (χ2n) is 2.84. The molecule has 0 aromatic heterocycles. The second-order valence-corrected chi connectivity index (χ2v) is 4.04. The lowest BCUT2D eigenvalue weighted by atomic mass is 10.1. The third-order valence-electron chi connectivity index (χ3n) is 1.65. The van der Waals surface area contributed by atoms with E-state index in [-0.39, 0.29) is 15.1 Å². The minimum atomic E-state index is -4.88. The lowest BCUT2D eigenvalue weighted by molar-refractivity contribution is -0.275. The van der Waals surface area contributed by atoms with E-state index >= 15 is 0 Å². The zero-order valence-corrected chi connectivity index (χ0v) is 10.2. The van der Waals surface area contributed by atoms with E-state index in [2.05, 4.69) is 20.7 Å². The molecule has 7 heteroatoms. The summed E-state index contributed by atoms with van der Waals surface area (Å²) in [6, 6.07) is 2.49. The summed E-state index contributed by atoms with van der Waals surface area (Å²) in [7, 11) is 0. The molecule has 0 aliphatic rings. The summed E-state index contributed by atoms with van der Waals surface area (Å²) in [6.45, 7) is 1.14. The Bertz CT molecular complexity index is 431. The van der Waals surface area contributed by atoms with Crippen LogP contribution in [-0.4, -0.2) is 12.1 Å². The van der Waals surface area contributed by atoms with E-state index < -0.39 is 17.9 Å². The van der Waals surface area contributed by atoms with E-state index in [4.69, 9.17) is 11.6 Å². The highest BCUT2D eigenvalue weighted by Crippen LogP contribution is 2.38. The number of hydrogen-bond donors (Lipinski definition) is 0. The third kappa shape index (κ3) is 3.12. The molecule has 1 aromatic rings. The van der Waals surface area contributed by atoms with Gasteiger partial charge in [0.1, 0.15) is 0 Å². The van der Waals surface area contributed by atoms with E-state index in [0.29, 0.717) is 0 Å². The van der Waals surface area contributed by atoms with Crippen molar-refractivity contribution in [2.24, 2.45) is 0 Å². The smallest absolute Gasteiger partial charge is 0.404 e. The number of Topliss-reactive ketones (excluding diaryl/α,β-unsaturated/α-hetero) is 1. The molecule has 1 rings (SSSR count). The quantitative estimate of drug-likeness (QED) is 0.764. The Kier molecular flexibility index (Phi) is 3.85. The highest BCUT2D eigenvalue weighted by molar-refractivity contribution is 9.10. The summed E-state index contributed by atoms with van der Waals surface area (Å²) in [5, 5.41) is 0.0317. The first kappa shape index (κ1) is 13.3. The van der Waals surface area contributed by atoms with Crippen LogP contribution in [0.4, 0.5) is 13.2 Å². The van der Waals surface area contributed by atoms with Gasteiger partial charge in [-0.05, 0) is 35.0 Å². The number of alkyl halides is 3. The van der Waals surface area contributed by atoms with Crippen molar-refractivity contribution in [1.29, 1.82) is 0 Å². The molecule has 0 radical (unpaired) electrons. The van der Waals surface area contributed by atoms with Crippen molar-refractivity contribution in [1.82, 2.24) is 0 Å². The maximum atomic E-state index is 12.1. The zero-order chi connectivity index (χ0) is 12.5. The summed E-state index contributed by atoms with van der Waals surface area (Å²) < 4.78 is 40.0. The molecular formula is C9H5BrClF3O2. The van der Waals surface area contributed by atoms with Gasteiger partial charge in [-0.3, -0.25) is 4.79 Å². The number of carbonyl (C=O) groups excluding carboxylic acids is 1. The van der Waals surface area contributed by atoms with Crippen LogP contribution in [0.15, 0.2) is 16.6 Å². The number of ether oxygens (including phenoxy) is 1. The van der Waals surface area contributed by atoms with Crippen molar-refractivity contribution in [3.63, 3.8) is 0 Å². The number of rotatable bonds is 2. The molecule has 0 bridgehead atoms. The fourth-order valence-electron chi connectivity index (χ4n) is 1.02. The molecular weight excluding hydrogens is 312 g/mol. The molecule has 0 amide bonds. The van der Waals surface area contributed by atoms with Crippen molar-refractivity contribution in [2.45, 2.75) is 13.3 Å². The molecule has 0 aliphatic heterocycles. The Hall–Kier alpha value is -0.750. The molecule has 0 aliphatic carbocycles. The van der Waals surface area contributed by atoms with E-state index in [1.807, 2.05) is 0 Å². The van der Waals surface area contributed by atoms with Gasteiger partial charge < -0.3 is 4.74 Å². The van der Waals surface area contributed by atoms with Crippen molar-refractivity contribution in [3.05, 3.63) is 27.2 Å². The molecule has 2 nitrogen and oxygen atoms in total. The molecule has 16 heavy (non-hydrogen) atoms. The van der Waals surface area contributed by atoms with Crippen LogP contribution in [0.3, 0.4) is 0 Å². The average Bonchev–Trinajstić information content (AvgIpc) is 2.10. The van der Waals surface area contributed by atoms with Crippen molar-refractivity contribution in [3.8, 4) is 5.75 Å². The predicted molar refractivity (Wildman–Crippen MR) is 55.8 cm³/mol. The number of carbonyl (C=O) groups is 1. The van der Waals surface area contributed by atoms with Crippen LogP contribution in [0, 0.1) is 0 Å². The summed E-state index contributed by atoms with van der Waals surface area (Å²) in [6.07, 6.45) is -4.88. The molecule has 0 N–H and O–H groups in total. The number of ketones is 1. The molecule has 0 fully saturated rings. The molecule has 0 saturated carbocycles. The largest absolute Gasteiger partial charge is 0.573 e. The molecule has 0 atom stereocenters. The van der Waals surface area contributed by atoms with Crippen molar-refractivity contribution >= 4 is 33.3 Å². The number of hydrogen-bond acceptors (Lipinski definition) is 2. The average molecular weight is 317 g/mol. The van der Waals surface area contributed by atoms with Crippen LogP contribution in [0.2, 0.25) is 5.02 Å². The first-order valence-corrected chi connectivity index (χ1v) is 5.14. The maximum Gasteiger partial charge on any atom is 0.573 e. The number of halogens is 5. The van der Waals surface area contributed by atoms with Gasteiger partial charge in [-0.2, -0.15) is 0 Å². The fourth-order valence-corrected chi connectivity index (χ4v) is 1.60. The van der Waals surface area contributed by atoms with Gasteiger partial charge in [-0.1, -0.05) is 11.6 Å². The molecule has 88 valence electrons. The van der Waals surface area contributed by atoms with Crippen LogP contribution >= 0.6 is 27.5 Å². The van der Waals surface area contributed by atoms with Gasteiger partial charge >= 0.3 is 6.36 Å². The Morgan fingerprint density at radius 2 is 2.00 bits per heavy atom. The summed E-state index contributed by atoms with van der Waals surface area (Å²) in [5.74, 6) is -1.16. The Labute approximate surface area is 102 Å². The minimum absolute atomic E-state index is 0.0317. The first-order chi connectivity index (χ1) is 7.22. The Morgan fingerprint density at radius 1 is 1.44 bits per heavy atom. The van der Waals surface area contributed by atoms with Gasteiger partial charge in [0.25, 0.3) is 0 Å². The SMILES string of the molecule is CC(=O)c1ccc(Cl)c(Br)c1OC(F)(F)F. The standard InChI is InChI=1S/C9H5BrClF3O2/c1-4(15)5-2-3-6(11)7(10)8(5)16-9(12,13)14/h2-3H,1H3. The minimum Gasteiger partial charge on any atom is -0.404 e. The van der Waals surface area contributed by atoms with Crippen LogP contribution in [0.25, 0.3) is 0 Å². The summed E-state index contributed by atoms with van der Waals surface area (Å²) in [4.78, 5) is 11.1. The van der Waals surface area contributed by atoms with Crippen LogP contribution in [0.5, 0.6) is 5.75 Å². The predicted octanol–water partition coefficient (Wildman–Crippen LogP) is 4.20. The normalized spacial score (nSPS) is 11.4. The number of benzene rings is 1. The highest BCUT2D eigenvalue weighted by Gasteiger charge is 2.34. The first-order valence-electron chi connectivity index (χ1n) is 3.97. The fraction of sp³-hybridized carbons (Fsp3) is 0.222. The van der Waals surface area contributed by atoms with E-state index in [1.54, 1.807) is 0 Å². The molecule has 1 aromatic carbocycles. The molecule has 0 heterocycles. The highest BCUT2D eigenvalue weighted by atomic mass is 79.9. The van der Waals surface area contributed by atoms with Crippen LogP contribution < -0.4 is 4.74 Å². The van der Waals surface area contributed by atoms with Gasteiger partial charge in [0.15, 0.2) is 11.5 Å². The lowest BCUT2D eigenvalue weighted by Crippen LogP contribution is -2.19. The van der Waals surface area contributed by atoms with E-state index in [1.165, 1.54) is 12.1 Å². The zero-order valence-electron chi connectivity index (χ0n) is 7.86. The van der Waals surface area contributed by atoms with Crippen LogP contribution in [-0.2, 0) is 0 Å². The second kappa shape index (κ2) is 4.63. The van der Waals surface area contributed by atoms with Gasteiger partial charge in [0.05, 0.1) is 15.1 Å². The van der Waals surface area contributed by atoms with Crippen molar-refractivity contribution < 1.29 is 22.7 Å². The van der Waals surface area contributed by atoms with Crippen molar-refractivity contribution in [2.75, 3.05) is 0 Å². The monoisotopic (exact) mass is 316 g/mol.